The van der Waals surface area contributed by atoms with Crippen LogP contribution < -0.4 is 10.2 Å². The van der Waals surface area contributed by atoms with Crippen molar-refractivity contribution in [2.24, 2.45) is 0 Å². The van der Waals surface area contributed by atoms with Crippen LogP contribution in [0, 0.1) is 0 Å². The number of hydrogen-bond acceptors (Lipinski definition) is 7. The molecule has 0 atom stereocenters. The van der Waals surface area contributed by atoms with Gasteiger partial charge < -0.3 is 4.42 Å². The number of nitrogens with one attached hydrogen (secondary N) is 1. The van der Waals surface area contributed by atoms with E-state index in [0.29, 0.717) is 18.0 Å². The van der Waals surface area contributed by atoms with Crippen molar-refractivity contribution >= 4 is 40.8 Å². The van der Waals surface area contributed by atoms with Crippen LogP contribution in [0.25, 0.3) is 0 Å². The number of amides is 3. The van der Waals surface area contributed by atoms with E-state index in [1.54, 1.807) is 29.5 Å². The molecule has 1 aromatic carbocycles. The highest BCUT2D eigenvalue weighted by molar-refractivity contribution is 7.09. The summed E-state index contributed by atoms with van der Waals surface area (Å²) in [4.78, 5) is 38.3. The van der Waals surface area contributed by atoms with E-state index >= 15 is 0 Å². The molecule has 3 amide bonds. The smallest absolute Gasteiger partial charge is 0.322 e. The van der Waals surface area contributed by atoms with Gasteiger partial charge in [0.2, 0.25) is 17.7 Å². The predicted molar refractivity (Wildman–Crippen MR) is 97.5 cm³/mol. The van der Waals surface area contributed by atoms with Gasteiger partial charge in [-0.25, -0.2) is 0 Å². The zero-order valence-corrected chi connectivity index (χ0v) is 14.9. The molecule has 1 aliphatic heterocycles. The van der Waals surface area contributed by atoms with Gasteiger partial charge >= 0.3 is 6.01 Å². The highest BCUT2D eigenvalue weighted by Gasteiger charge is 2.30. The van der Waals surface area contributed by atoms with Gasteiger partial charge in [-0.3, -0.25) is 24.6 Å². The summed E-state index contributed by atoms with van der Waals surface area (Å²) in [5.74, 6) is -0.614. The lowest BCUT2D eigenvalue weighted by molar-refractivity contribution is -0.121. The highest BCUT2D eigenvalue weighted by atomic mass is 32.1. The maximum absolute atomic E-state index is 12.4. The molecule has 0 saturated carbocycles. The molecule has 9 heteroatoms. The van der Waals surface area contributed by atoms with Gasteiger partial charge in [0.25, 0.3) is 5.91 Å². The van der Waals surface area contributed by atoms with E-state index in [1.807, 2.05) is 17.5 Å². The molecule has 1 fully saturated rings. The summed E-state index contributed by atoms with van der Waals surface area (Å²) in [6, 6.07) is 10.2. The maximum Gasteiger partial charge on any atom is 0.322 e. The number of anilines is 2. The molecule has 0 bridgehead atoms. The maximum atomic E-state index is 12.4. The molecule has 0 aliphatic carbocycles. The standard InChI is InChI=1S/C18H14N4O4S/c23-15-6-7-16(24)22(15)12-4-1-3-11(9-12)17(25)19-18-21-20-14(26-18)10-13-5-2-8-27-13/h1-5,8-9H,6-7,10H2,(H,19,21,25). The van der Waals surface area contributed by atoms with Crippen molar-refractivity contribution in [1.29, 1.82) is 0 Å². The summed E-state index contributed by atoms with van der Waals surface area (Å²) in [5.41, 5.74) is 0.650. The lowest BCUT2D eigenvalue weighted by Crippen LogP contribution is -2.28. The van der Waals surface area contributed by atoms with Gasteiger partial charge in [0, 0.05) is 23.3 Å². The Balaban J connectivity index is 1.47. The third-order valence-corrected chi connectivity index (χ3v) is 4.89. The molecule has 3 aromatic rings. The predicted octanol–water partition coefficient (Wildman–Crippen LogP) is 2.63. The van der Waals surface area contributed by atoms with Gasteiger partial charge in [-0.2, -0.15) is 0 Å². The van der Waals surface area contributed by atoms with Gasteiger partial charge in [0.15, 0.2) is 0 Å². The molecule has 2 aromatic heterocycles. The first kappa shape index (κ1) is 17.1. The molecule has 136 valence electrons. The van der Waals surface area contributed by atoms with Crippen molar-refractivity contribution in [3.63, 3.8) is 0 Å². The normalized spacial score (nSPS) is 14.0. The number of carbonyl (C=O) groups is 3. The van der Waals surface area contributed by atoms with Gasteiger partial charge in [0.05, 0.1) is 12.1 Å². The summed E-state index contributed by atoms with van der Waals surface area (Å²) in [6.07, 6.45) is 0.865. The lowest BCUT2D eigenvalue weighted by Gasteiger charge is -2.14. The number of carbonyl (C=O) groups excluding carboxylic acids is 3. The van der Waals surface area contributed by atoms with Crippen LogP contribution in [0.5, 0.6) is 0 Å². The van der Waals surface area contributed by atoms with Crippen molar-refractivity contribution in [3.05, 3.63) is 58.1 Å². The monoisotopic (exact) mass is 382 g/mol. The molecule has 3 heterocycles. The molecule has 8 nitrogen and oxygen atoms in total. The number of benzene rings is 1. The molecule has 1 N–H and O–H groups in total. The van der Waals surface area contributed by atoms with Crippen molar-refractivity contribution in [3.8, 4) is 0 Å². The summed E-state index contributed by atoms with van der Waals surface area (Å²) in [7, 11) is 0. The number of thiophene rings is 1. The molecule has 1 saturated heterocycles. The van der Waals surface area contributed by atoms with E-state index in [1.165, 1.54) is 6.07 Å². The summed E-state index contributed by atoms with van der Waals surface area (Å²) >= 11 is 1.58. The second-order valence-electron chi connectivity index (χ2n) is 5.88. The van der Waals surface area contributed by atoms with Gasteiger partial charge in [0.1, 0.15) is 0 Å². The zero-order valence-electron chi connectivity index (χ0n) is 14.0. The second kappa shape index (κ2) is 7.12. The fourth-order valence-electron chi connectivity index (χ4n) is 2.76. The first-order chi connectivity index (χ1) is 13.1. The van der Waals surface area contributed by atoms with Crippen LogP contribution in [-0.2, 0) is 16.0 Å². The van der Waals surface area contributed by atoms with Crippen molar-refractivity contribution < 1.29 is 18.8 Å². The number of imide groups is 1. The Morgan fingerprint density at radius 1 is 1.15 bits per heavy atom. The summed E-state index contributed by atoms with van der Waals surface area (Å²) in [6.45, 7) is 0. The highest BCUT2D eigenvalue weighted by Crippen LogP contribution is 2.24. The lowest BCUT2D eigenvalue weighted by atomic mass is 10.2. The van der Waals surface area contributed by atoms with Crippen LogP contribution >= 0.6 is 11.3 Å². The first-order valence-corrected chi connectivity index (χ1v) is 9.10. The minimum Gasteiger partial charge on any atom is -0.407 e. The molecule has 0 radical (unpaired) electrons. The second-order valence-corrected chi connectivity index (χ2v) is 6.92. The average molecular weight is 382 g/mol. The van der Waals surface area contributed by atoms with E-state index in [2.05, 4.69) is 15.5 Å². The first-order valence-electron chi connectivity index (χ1n) is 8.22. The van der Waals surface area contributed by atoms with E-state index in [4.69, 9.17) is 4.42 Å². The molecular formula is C18H14N4O4S. The summed E-state index contributed by atoms with van der Waals surface area (Å²) < 4.78 is 5.45. The topological polar surface area (TPSA) is 105 Å². The Morgan fingerprint density at radius 2 is 1.96 bits per heavy atom. The van der Waals surface area contributed by atoms with Crippen molar-refractivity contribution in [2.75, 3.05) is 10.2 Å². The SMILES string of the molecule is O=C(Nc1nnc(Cc2cccs2)o1)c1cccc(N2C(=O)CCC2=O)c1. The molecule has 0 unspecified atom stereocenters. The van der Waals surface area contributed by atoms with Crippen molar-refractivity contribution in [1.82, 2.24) is 10.2 Å². The van der Waals surface area contributed by atoms with Crippen LogP contribution in [-0.4, -0.2) is 27.9 Å². The number of nitrogens with zero attached hydrogens (tertiary/aromatic N) is 3. The van der Waals surface area contributed by atoms with E-state index in [0.717, 1.165) is 9.78 Å². The van der Waals surface area contributed by atoms with Gasteiger partial charge in [-0.15, -0.1) is 16.4 Å². The minimum absolute atomic E-state index is 0.00900. The van der Waals surface area contributed by atoms with Crippen LogP contribution in [0.15, 0.2) is 46.2 Å². The van der Waals surface area contributed by atoms with E-state index in [-0.39, 0.29) is 36.2 Å². The Morgan fingerprint density at radius 3 is 2.70 bits per heavy atom. The number of hydrogen-bond donors (Lipinski definition) is 1. The number of aromatic nitrogens is 2. The third kappa shape index (κ3) is 3.63. The fourth-order valence-corrected chi connectivity index (χ4v) is 3.45. The number of rotatable bonds is 5. The van der Waals surface area contributed by atoms with Crippen LogP contribution in [0.3, 0.4) is 0 Å². The van der Waals surface area contributed by atoms with Crippen molar-refractivity contribution in [2.45, 2.75) is 19.3 Å². The average Bonchev–Trinajstić information content (AvgIpc) is 3.39. The Hall–Kier alpha value is -3.33. The molecule has 27 heavy (non-hydrogen) atoms. The minimum atomic E-state index is -0.470. The third-order valence-electron chi connectivity index (χ3n) is 4.01. The molecule has 1 aliphatic rings. The molecule has 0 spiro atoms. The Bertz CT molecular complexity index is 996. The van der Waals surface area contributed by atoms with Gasteiger partial charge in [-0.1, -0.05) is 17.2 Å². The Labute approximate surface area is 157 Å². The Kier molecular flexibility index (Phi) is 4.51. The fraction of sp³-hybridized carbons (Fsp3) is 0.167. The van der Waals surface area contributed by atoms with E-state index in [9.17, 15) is 14.4 Å². The summed E-state index contributed by atoms with van der Waals surface area (Å²) in [5, 5.41) is 12.2. The zero-order chi connectivity index (χ0) is 18.8. The molecule has 4 rings (SSSR count). The largest absolute Gasteiger partial charge is 0.407 e. The molecular weight excluding hydrogens is 368 g/mol. The van der Waals surface area contributed by atoms with Crippen LogP contribution in [0.2, 0.25) is 0 Å². The van der Waals surface area contributed by atoms with Crippen LogP contribution in [0.1, 0.15) is 34.0 Å². The van der Waals surface area contributed by atoms with Crippen LogP contribution in [0.4, 0.5) is 11.7 Å². The quantitative estimate of drug-likeness (QED) is 0.680. The van der Waals surface area contributed by atoms with Gasteiger partial charge in [-0.05, 0) is 29.6 Å². The van der Waals surface area contributed by atoms with E-state index < -0.39 is 5.91 Å².